The number of aromatic amines is 1. The minimum absolute atomic E-state index is 0.0218. The number of para-hydroxylation sites is 1. The van der Waals surface area contributed by atoms with Crippen LogP contribution in [-0.4, -0.2) is 45.6 Å². The molecule has 7 heteroatoms. The Balaban J connectivity index is 0.000000239. The van der Waals surface area contributed by atoms with Crippen molar-refractivity contribution in [1.29, 1.82) is 0 Å². The second-order valence-corrected chi connectivity index (χ2v) is 18.4. The SMILES string of the molecule is CC1(C)CCC2(C(=O)O)C(O)CC3(C)C(=CCC4C5(C)CCC(O)C(C)(C)C5CCC43C)C2C1.COc1cccc2c(C)cc(=O)[nH]c12. The van der Waals surface area contributed by atoms with E-state index in [9.17, 15) is 24.9 Å². The molecule has 264 valence electrons. The number of aliphatic hydroxyl groups excluding tert-OH is 2. The van der Waals surface area contributed by atoms with Gasteiger partial charge >= 0.3 is 5.97 Å². The number of aliphatic hydroxyl groups is 2. The number of rotatable bonds is 2. The summed E-state index contributed by atoms with van der Waals surface area (Å²) < 4.78 is 5.17. The molecule has 0 aliphatic heterocycles. The maximum absolute atomic E-state index is 12.8. The third kappa shape index (κ3) is 4.87. The molecule has 1 heterocycles. The summed E-state index contributed by atoms with van der Waals surface area (Å²) in [5.74, 6) is 0.786. The largest absolute Gasteiger partial charge is 0.495 e. The molecule has 0 bridgehead atoms. The van der Waals surface area contributed by atoms with Crippen LogP contribution in [0.15, 0.2) is 40.7 Å². The molecule has 7 rings (SSSR count). The third-order valence-electron chi connectivity index (χ3n) is 15.3. The fourth-order valence-electron chi connectivity index (χ4n) is 12.3. The van der Waals surface area contributed by atoms with Crippen molar-refractivity contribution < 1.29 is 24.9 Å². The molecule has 5 aliphatic rings. The second kappa shape index (κ2) is 11.4. The Morgan fingerprint density at radius 3 is 2.29 bits per heavy atom. The topological polar surface area (TPSA) is 120 Å². The number of carbonyl (C=O) groups is 1. The smallest absolute Gasteiger partial charge is 0.312 e. The van der Waals surface area contributed by atoms with Gasteiger partial charge in [0.05, 0.1) is 24.8 Å². The average Bonchev–Trinajstić information content (AvgIpc) is 2.99. The van der Waals surface area contributed by atoms with Crippen LogP contribution in [-0.2, 0) is 4.79 Å². The average molecular weight is 662 g/mol. The normalized spacial score (nSPS) is 40.9. The molecule has 0 saturated heterocycles. The fraction of sp³-hybridized carbons (Fsp3) is 0.707. The second-order valence-electron chi connectivity index (χ2n) is 18.4. The van der Waals surface area contributed by atoms with Gasteiger partial charge in [-0.25, -0.2) is 0 Å². The van der Waals surface area contributed by atoms with Crippen molar-refractivity contribution >= 4 is 16.9 Å². The highest BCUT2D eigenvalue weighted by molar-refractivity contribution is 5.86. The van der Waals surface area contributed by atoms with Crippen molar-refractivity contribution in [2.45, 2.75) is 125 Å². The van der Waals surface area contributed by atoms with Gasteiger partial charge in [-0.2, -0.15) is 0 Å². The molecule has 0 amide bonds. The summed E-state index contributed by atoms with van der Waals surface area (Å²) >= 11 is 0. The Morgan fingerprint density at radius 1 is 0.917 bits per heavy atom. The van der Waals surface area contributed by atoms with Crippen molar-refractivity contribution in [2.24, 2.45) is 50.2 Å². The number of allylic oxidation sites excluding steroid dienone is 2. The summed E-state index contributed by atoms with van der Waals surface area (Å²) in [6.45, 7) is 18.3. The summed E-state index contributed by atoms with van der Waals surface area (Å²) in [7, 11) is 1.59. The number of ether oxygens (including phenoxy) is 1. The Morgan fingerprint density at radius 2 is 1.62 bits per heavy atom. The molecular formula is C41H59NO6. The van der Waals surface area contributed by atoms with E-state index in [0.717, 1.165) is 61.4 Å². The first kappa shape index (κ1) is 35.2. The van der Waals surface area contributed by atoms with E-state index in [0.29, 0.717) is 30.4 Å². The van der Waals surface area contributed by atoms with Gasteiger partial charge < -0.3 is 25.0 Å². The van der Waals surface area contributed by atoms with E-state index < -0.39 is 17.5 Å². The zero-order valence-corrected chi connectivity index (χ0v) is 30.7. The van der Waals surface area contributed by atoms with E-state index in [2.05, 4.69) is 59.5 Å². The van der Waals surface area contributed by atoms with Crippen LogP contribution in [0.4, 0.5) is 0 Å². The van der Waals surface area contributed by atoms with Crippen molar-refractivity contribution in [3.63, 3.8) is 0 Å². The van der Waals surface area contributed by atoms with E-state index in [4.69, 9.17) is 4.74 Å². The minimum atomic E-state index is -1.04. The standard InChI is InChI=1S/C30H48O4.C11H11NO2/c1-25(2)14-15-30(24(33)34)19(16-25)18-8-9-21-27(5)12-11-22(31)26(3,4)20(27)10-13-28(21,6)29(18,7)17-23(30)32;1-7-6-10(13)12-11-8(7)4-3-5-9(11)14-2/h8,19-23,31-32H,9-17H2,1-7H3,(H,33,34);3-6H,1-2H3,(H,12,13). The first-order valence-corrected chi connectivity index (χ1v) is 18.3. The molecule has 4 fully saturated rings. The Bertz CT molecular complexity index is 1690. The number of hydrogen-bond acceptors (Lipinski definition) is 5. The lowest BCUT2D eigenvalue weighted by molar-refractivity contribution is -0.218. The van der Waals surface area contributed by atoms with Crippen LogP contribution in [0.25, 0.3) is 10.9 Å². The molecule has 0 radical (unpaired) electrons. The van der Waals surface area contributed by atoms with Crippen molar-refractivity contribution in [3.8, 4) is 5.75 Å². The van der Waals surface area contributed by atoms with Gasteiger partial charge in [-0.15, -0.1) is 0 Å². The molecule has 1 aromatic carbocycles. The summed E-state index contributed by atoms with van der Waals surface area (Å²) in [4.78, 5) is 26.8. The van der Waals surface area contributed by atoms with Crippen molar-refractivity contribution in [3.05, 3.63) is 51.8 Å². The number of aliphatic carboxylic acids is 1. The lowest BCUT2D eigenvalue weighted by Crippen LogP contribution is -2.67. The highest BCUT2D eigenvalue weighted by Gasteiger charge is 2.71. The van der Waals surface area contributed by atoms with Gasteiger partial charge in [0, 0.05) is 11.5 Å². The molecule has 4 N–H and O–H groups in total. The number of hydrogen-bond donors (Lipinski definition) is 4. The quantitative estimate of drug-likeness (QED) is 0.242. The number of carboxylic acid groups (broad SMARTS) is 1. The molecule has 4 saturated carbocycles. The molecule has 0 spiro atoms. The highest BCUT2D eigenvalue weighted by atomic mass is 16.5. The highest BCUT2D eigenvalue weighted by Crippen LogP contribution is 2.75. The lowest BCUT2D eigenvalue weighted by Gasteiger charge is -2.71. The predicted molar refractivity (Wildman–Crippen MR) is 190 cm³/mol. The molecule has 9 atom stereocenters. The van der Waals surface area contributed by atoms with E-state index in [1.54, 1.807) is 13.2 Å². The Hall–Kier alpha value is -2.64. The minimum Gasteiger partial charge on any atom is -0.495 e. The summed E-state index contributed by atoms with van der Waals surface area (Å²) in [5.41, 5.74) is 1.92. The number of benzene rings is 1. The summed E-state index contributed by atoms with van der Waals surface area (Å²) in [6.07, 6.45) is 9.35. The van der Waals surface area contributed by atoms with Crippen LogP contribution < -0.4 is 10.3 Å². The number of H-pyrrole nitrogens is 1. The lowest BCUT2D eigenvalue weighted by atomic mass is 9.33. The number of aromatic nitrogens is 1. The van der Waals surface area contributed by atoms with Gasteiger partial charge in [0.15, 0.2) is 0 Å². The number of fused-ring (bicyclic) bond motifs is 8. The molecule has 5 aliphatic carbocycles. The molecule has 48 heavy (non-hydrogen) atoms. The van der Waals surface area contributed by atoms with Crippen LogP contribution in [0.3, 0.4) is 0 Å². The van der Waals surface area contributed by atoms with Gasteiger partial charge in [0.25, 0.3) is 0 Å². The first-order valence-electron chi connectivity index (χ1n) is 18.3. The fourth-order valence-corrected chi connectivity index (χ4v) is 12.3. The number of pyridine rings is 1. The third-order valence-corrected chi connectivity index (χ3v) is 15.3. The monoisotopic (exact) mass is 661 g/mol. The number of nitrogens with one attached hydrogen (secondary N) is 1. The molecule has 7 nitrogen and oxygen atoms in total. The first-order chi connectivity index (χ1) is 22.3. The van der Waals surface area contributed by atoms with Gasteiger partial charge in [-0.3, -0.25) is 9.59 Å². The molecule has 2 aromatic rings. The van der Waals surface area contributed by atoms with Crippen LogP contribution >= 0.6 is 0 Å². The molecule has 1 aromatic heterocycles. The molecular weight excluding hydrogens is 602 g/mol. The van der Waals surface area contributed by atoms with Crippen LogP contribution in [0.2, 0.25) is 0 Å². The zero-order chi connectivity index (χ0) is 35.2. The Labute approximate surface area is 286 Å². The van der Waals surface area contributed by atoms with Crippen molar-refractivity contribution in [2.75, 3.05) is 7.11 Å². The number of aryl methyl sites for hydroxylation is 1. The maximum atomic E-state index is 12.8. The van der Waals surface area contributed by atoms with Gasteiger partial charge in [-0.05, 0) is 121 Å². The van der Waals surface area contributed by atoms with E-state index in [1.807, 2.05) is 25.1 Å². The molecule has 9 unspecified atom stereocenters. The zero-order valence-electron chi connectivity index (χ0n) is 30.7. The van der Waals surface area contributed by atoms with E-state index >= 15 is 0 Å². The van der Waals surface area contributed by atoms with Gasteiger partial charge in [0.2, 0.25) is 5.56 Å². The van der Waals surface area contributed by atoms with Crippen LogP contribution in [0, 0.1) is 57.2 Å². The number of carboxylic acids is 1. The summed E-state index contributed by atoms with van der Waals surface area (Å²) in [6, 6.07) is 7.29. The van der Waals surface area contributed by atoms with Crippen LogP contribution in [0.1, 0.15) is 112 Å². The van der Waals surface area contributed by atoms with Crippen LogP contribution in [0.5, 0.6) is 5.75 Å². The van der Waals surface area contributed by atoms with E-state index in [-0.39, 0.29) is 44.7 Å². The van der Waals surface area contributed by atoms with Crippen molar-refractivity contribution in [1.82, 2.24) is 4.98 Å². The predicted octanol–water partition coefficient (Wildman–Crippen LogP) is 8.05. The summed E-state index contributed by atoms with van der Waals surface area (Å²) in [5, 5.41) is 34.1. The maximum Gasteiger partial charge on any atom is 0.312 e. The Kier molecular flexibility index (Phi) is 8.39. The number of methoxy groups -OCH3 is 1. The van der Waals surface area contributed by atoms with Gasteiger partial charge in [-0.1, -0.05) is 72.2 Å². The van der Waals surface area contributed by atoms with Gasteiger partial charge in [0.1, 0.15) is 11.2 Å². The van der Waals surface area contributed by atoms with E-state index in [1.165, 1.54) is 5.57 Å².